The van der Waals surface area contributed by atoms with Crippen LogP contribution < -0.4 is 10.5 Å². The van der Waals surface area contributed by atoms with E-state index in [-0.39, 0.29) is 5.82 Å². The first-order valence-corrected chi connectivity index (χ1v) is 7.25. The molecule has 102 valence electrons. The lowest BCUT2D eigenvalue weighted by Crippen LogP contribution is -2.12. The summed E-state index contributed by atoms with van der Waals surface area (Å²) in [4.78, 5) is 0. The molecule has 0 aliphatic carbocycles. The molecule has 2 N–H and O–H groups in total. The molecule has 0 amide bonds. The summed E-state index contributed by atoms with van der Waals surface area (Å²) in [6.07, 6.45) is 4.66. The normalized spacial score (nSPS) is 12.4. The zero-order valence-electron chi connectivity index (χ0n) is 11.0. The molecule has 4 heteroatoms. The van der Waals surface area contributed by atoms with E-state index < -0.39 is 0 Å². The van der Waals surface area contributed by atoms with Gasteiger partial charge < -0.3 is 10.5 Å². The largest absolute Gasteiger partial charge is 0.491 e. The van der Waals surface area contributed by atoms with E-state index in [1.807, 2.05) is 0 Å². The number of halogens is 2. The van der Waals surface area contributed by atoms with Crippen LogP contribution in [-0.2, 0) is 0 Å². The molecule has 0 fully saturated rings. The summed E-state index contributed by atoms with van der Waals surface area (Å²) in [6.45, 7) is 4.98. The molecule has 0 spiro atoms. The zero-order chi connectivity index (χ0) is 13.5. The molecule has 0 heterocycles. The Labute approximate surface area is 117 Å². The van der Waals surface area contributed by atoms with Crippen LogP contribution in [0.2, 0.25) is 0 Å². The number of rotatable bonds is 7. The molecule has 0 saturated heterocycles. The number of hydrogen-bond acceptors (Lipinski definition) is 2. The summed E-state index contributed by atoms with van der Waals surface area (Å²) in [5.74, 6) is 0.726. The highest BCUT2D eigenvalue weighted by atomic mass is 79.9. The molecule has 1 rings (SSSR count). The molecule has 0 aliphatic rings. The van der Waals surface area contributed by atoms with Crippen molar-refractivity contribution < 1.29 is 9.13 Å². The van der Waals surface area contributed by atoms with Gasteiger partial charge in [-0.05, 0) is 34.3 Å². The van der Waals surface area contributed by atoms with E-state index in [1.165, 1.54) is 18.9 Å². The van der Waals surface area contributed by atoms with E-state index >= 15 is 0 Å². The van der Waals surface area contributed by atoms with E-state index in [9.17, 15) is 4.39 Å². The highest BCUT2D eigenvalue weighted by molar-refractivity contribution is 9.10. The number of unbranched alkanes of at least 4 members (excludes halogenated alkanes) is 1. The minimum atomic E-state index is -0.363. The monoisotopic (exact) mass is 317 g/mol. The van der Waals surface area contributed by atoms with Gasteiger partial charge >= 0.3 is 0 Å². The number of ether oxygens (including phenoxy) is 1. The van der Waals surface area contributed by atoms with Gasteiger partial charge in [-0.25, -0.2) is 4.39 Å². The predicted molar refractivity (Wildman–Crippen MR) is 77.3 cm³/mol. The SMILES string of the molecule is CCCCC(CC)COc1cc(Br)c(F)cc1N. The summed E-state index contributed by atoms with van der Waals surface area (Å²) in [5.41, 5.74) is 6.08. The first kappa shape index (κ1) is 15.3. The Kier molecular flexibility index (Phi) is 6.47. The molecular weight excluding hydrogens is 297 g/mol. The Balaban J connectivity index is 2.59. The van der Waals surface area contributed by atoms with Crippen molar-refractivity contribution in [2.24, 2.45) is 5.92 Å². The van der Waals surface area contributed by atoms with Gasteiger partial charge in [0.2, 0.25) is 0 Å². The standard InChI is InChI=1S/C14H21BrFNO/c1-3-5-6-10(4-2)9-18-14-7-11(15)12(16)8-13(14)17/h7-8,10H,3-6,9,17H2,1-2H3. The van der Waals surface area contributed by atoms with Gasteiger partial charge in [-0.3, -0.25) is 0 Å². The van der Waals surface area contributed by atoms with Gasteiger partial charge in [0.15, 0.2) is 0 Å². The fourth-order valence-corrected chi connectivity index (χ4v) is 2.10. The topological polar surface area (TPSA) is 35.2 Å². The van der Waals surface area contributed by atoms with Crippen molar-refractivity contribution >= 4 is 21.6 Å². The van der Waals surface area contributed by atoms with Crippen molar-refractivity contribution in [3.63, 3.8) is 0 Å². The maximum Gasteiger partial charge on any atom is 0.143 e. The Morgan fingerprint density at radius 3 is 2.72 bits per heavy atom. The molecule has 2 nitrogen and oxygen atoms in total. The van der Waals surface area contributed by atoms with Crippen LogP contribution in [0.5, 0.6) is 5.75 Å². The number of hydrogen-bond donors (Lipinski definition) is 1. The van der Waals surface area contributed by atoms with Gasteiger partial charge in [-0.2, -0.15) is 0 Å². The third-order valence-electron chi connectivity index (χ3n) is 3.07. The molecule has 1 aromatic carbocycles. The highest BCUT2D eigenvalue weighted by Gasteiger charge is 2.10. The van der Waals surface area contributed by atoms with Crippen LogP contribution in [0.25, 0.3) is 0 Å². The average Bonchev–Trinajstić information content (AvgIpc) is 2.35. The quantitative estimate of drug-likeness (QED) is 0.735. The lowest BCUT2D eigenvalue weighted by atomic mass is 10.0. The minimum Gasteiger partial charge on any atom is -0.491 e. The second kappa shape index (κ2) is 7.62. The average molecular weight is 318 g/mol. The lowest BCUT2D eigenvalue weighted by Gasteiger charge is -2.16. The summed E-state index contributed by atoms with van der Waals surface area (Å²) >= 11 is 3.14. The fraction of sp³-hybridized carbons (Fsp3) is 0.571. The number of anilines is 1. The van der Waals surface area contributed by atoms with Crippen molar-refractivity contribution in [3.05, 3.63) is 22.4 Å². The predicted octanol–water partition coefficient (Wildman–Crippen LogP) is 4.77. The van der Waals surface area contributed by atoms with Crippen LogP contribution in [-0.4, -0.2) is 6.61 Å². The number of nitrogens with two attached hydrogens (primary N) is 1. The van der Waals surface area contributed by atoms with E-state index in [0.29, 0.717) is 28.4 Å². The molecule has 1 unspecified atom stereocenters. The first-order chi connectivity index (χ1) is 8.58. The van der Waals surface area contributed by atoms with Crippen molar-refractivity contribution in [2.75, 3.05) is 12.3 Å². The van der Waals surface area contributed by atoms with E-state index in [2.05, 4.69) is 29.8 Å². The highest BCUT2D eigenvalue weighted by Crippen LogP contribution is 2.29. The maximum absolute atomic E-state index is 13.2. The van der Waals surface area contributed by atoms with E-state index in [4.69, 9.17) is 10.5 Å². The summed E-state index contributed by atoms with van der Waals surface area (Å²) < 4.78 is 19.3. The molecule has 0 saturated carbocycles. The molecule has 0 bridgehead atoms. The fourth-order valence-electron chi connectivity index (χ4n) is 1.77. The maximum atomic E-state index is 13.2. The summed E-state index contributed by atoms with van der Waals surface area (Å²) in [6, 6.07) is 2.88. The van der Waals surface area contributed by atoms with Crippen LogP contribution in [0.15, 0.2) is 16.6 Å². The Morgan fingerprint density at radius 2 is 2.11 bits per heavy atom. The first-order valence-electron chi connectivity index (χ1n) is 6.45. The van der Waals surface area contributed by atoms with E-state index in [1.54, 1.807) is 6.07 Å². The third kappa shape index (κ3) is 4.48. The summed E-state index contributed by atoms with van der Waals surface area (Å²) in [7, 11) is 0. The van der Waals surface area contributed by atoms with Crippen LogP contribution in [0, 0.1) is 11.7 Å². The zero-order valence-corrected chi connectivity index (χ0v) is 12.6. The van der Waals surface area contributed by atoms with Crippen LogP contribution in [0.3, 0.4) is 0 Å². The van der Waals surface area contributed by atoms with Crippen LogP contribution >= 0.6 is 15.9 Å². The van der Waals surface area contributed by atoms with Crippen molar-refractivity contribution in [2.45, 2.75) is 39.5 Å². The second-order valence-electron chi connectivity index (χ2n) is 4.53. The van der Waals surface area contributed by atoms with Crippen LogP contribution in [0.4, 0.5) is 10.1 Å². The van der Waals surface area contributed by atoms with Crippen molar-refractivity contribution in [3.8, 4) is 5.75 Å². The smallest absolute Gasteiger partial charge is 0.143 e. The molecule has 0 aliphatic heterocycles. The molecular formula is C14H21BrFNO. The second-order valence-corrected chi connectivity index (χ2v) is 5.39. The van der Waals surface area contributed by atoms with E-state index in [0.717, 1.165) is 12.8 Å². The number of nitrogen functional groups attached to an aromatic ring is 1. The number of benzene rings is 1. The molecule has 1 aromatic rings. The van der Waals surface area contributed by atoms with Gasteiger partial charge in [0.25, 0.3) is 0 Å². The Bertz CT molecular complexity index is 384. The van der Waals surface area contributed by atoms with Crippen molar-refractivity contribution in [1.29, 1.82) is 0 Å². The third-order valence-corrected chi connectivity index (χ3v) is 3.68. The lowest BCUT2D eigenvalue weighted by molar-refractivity contribution is 0.234. The van der Waals surface area contributed by atoms with Gasteiger partial charge in [-0.1, -0.05) is 33.1 Å². The molecule has 0 radical (unpaired) electrons. The van der Waals surface area contributed by atoms with Crippen molar-refractivity contribution in [1.82, 2.24) is 0 Å². The molecule has 1 atom stereocenters. The minimum absolute atomic E-state index is 0.348. The Hall–Kier alpha value is -0.770. The van der Waals surface area contributed by atoms with Gasteiger partial charge in [-0.15, -0.1) is 0 Å². The molecule has 18 heavy (non-hydrogen) atoms. The van der Waals surface area contributed by atoms with Gasteiger partial charge in [0.05, 0.1) is 16.8 Å². The van der Waals surface area contributed by atoms with Gasteiger partial charge in [0, 0.05) is 6.07 Å². The van der Waals surface area contributed by atoms with Crippen LogP contribution in [0.1, 0.15) is 39.5 Å². The summed E-state index contributed by atoms with van der Waals surface area (Å²) in [5, 5.41) is 0. The Morgan fingerprint density at radius 1 is 1.39 bits per heavy atom. The molecule has 0 aromatic heterocycles. The van der Waals surface area contributed by atoms with Gasteiger partial charge in [0.1, 0.15) is 11.6 Å².